The van der Waals surface area contributed by atoms with Crippen LogP contribution in [-0.4, -0.2) is 137 Å². The number of fused-ring (bicyclic) bond motifs is 2. The molecule has 0 amide bonds. The summed E-state index contributed by atoms with van der Waals surface area (Å²) in [4.78, 5) is 44.9. The number of halogens is 5. The molecule has 7 aromatic heterocycles. The van der Waals surface area contributed by atoms with Gasteiger partial charge in [-0.2, -0.15) is 20.2 Å². The van der Waals surface area contributed by atoms with Crippen LogP contribution < -0.4 is 46.7 Å². The van der Waals surface area contributed by atoms with Gasteiger partial charge in [0.15, 0.2) is 11.6 Å². The normalized spacial score (nSPS) is 12.4. The Balaban J connectivity index is 0.000000165. The second kappa shape index (κ2) is 27.2. The van der Waals surface area contributed by atoms with Crippen LogP contribution in [0.15, 0.2) is 117 Å². The van der Waals surface area contributed by atoms with Gasteiger partial charge in [-0.15, -0.1) is 0 Å². The molecule has 8 heterocycles. The molecule has 0 saturated carbocycles. The second-order valence-corrected chi connectivity index (χ2v) is 28.7. The van der Waals surface area contributed by atoms with Crippen molar-refractivity contribution < 1.29 is 23.3 Å². The van der Waals surface area contributed by atoms with Crippen LogP contribution in [0.1, 0.15) is 0 Å². The number of hydrogen-bond donors (Lipinski definition) is 4. The van der Waals surface area contributed by atoms with Crippen LogP contribution in [0.25, 0.3) is 55.6 Å². The van der Waals surface area contributed by atoms with Gasteiger partial charge in [0.2, 0.25) is 16.5 Å². The van der Waals surface area contributed by atoms with Crippen molar-refractivity contribution in [2.75, 3.05) is 93.8 Å². The van der Waals surface area contributed by atoms with Gasteiger partial charge in [-0.3, -0.25) is 29.3 Å². The third-order valence-electron chi connectivity index (χ3n) is 13.6. The highest BCUT2D eigenvalue weighted by Crippen LogP contribution is 2.45. The summed E-state index contributed by atoms with van der Waals surface area (Å²) in [5.74, 6) is 1.99. The number of aromatic nitrogens is 14. The Hall–Kier alpha value is -8.31. The average molecular weight is 1340 g/mol. The van der Waals surface area contributed by atoms with Crippen LogP contribution in [0.4, 0.5) is 46.0 Å². The van der Waals surface area contributed by atoms with Gasteiger partial charge in [-0.1, -0.05) is 34.8 Å². The zero-order valence-corrected chi connectivity index (χ0v) is 54.5. The van der Waals surface area contributed by atoms with E-state index in [1.54, 1.807) is 104 Å². The fraction of sp³-hybridized carbons (Fsp3) is 0.207. The Morgan fingerprint density at radius 1 is 0.551 bits per heavy atom. The summed E-state index contributed by atoms with van der Waals surface area (Å²) in [7, 11) is 1.43. The number of anilines is 8. The molecule has 12 rings (SSSR count). The lowest BCUT2D eigenvalue weighted by atomic mass is 9.98. The third-order valence-corrected chi connectivity index (χ3v) is 17.8. The minimum atomic E-state index is -2.82. The number of nitrogens with two attached hydrogens (primary N) is 1. The molecule has 1 saturated heterocycles. The van der Waals surface area contributed by atoms with Crippen molar-refractivity contribution in [2.45, 2.75) is 0 Å². The third kappa shape index (κ3) is 14.7. The first-order valence-electron chi connectivity index (χ1n) is 26.9. The lowest BCUT2D eigenvalue weighted by Crippen LogP contribution is -2.36. The highest BCUT2D eigenvalue weighted by atomic mass is 35.5. The fourth-order valence-corrected chi connectivity index (χ4v) is 13.2. The van der Waals surface area contributed by atoms with Gasteiger partial charge in [0.1, 0.15) is 46.9 Å². The molecule has 11 aromatic rings. The van der Waals surface area contributed by atoms with Crippen LogP contribution in [0.2, 0.25) is 25.6 Å². The Labute approximate surface area is 535 Å². The maximum absolute atomic E-state index is 13.4. The van der Waals surface area contributed by atoms with E-state index in [1.165, 1.54) is 25.7 Å². The first kappa shape index (κ1) is 63.7. The van der Waals surface area contributed by atoms with Crippen molar-refractivity contribution in [1.82, 2.24) is 69.4 Å². The number of nitrogen functional groups attached to an aromatic ring is 1. The van der Waals surface area contributed by atoms with Crippen LogP contribution in [0, 0.1) is 0 Å². The van der Waals surface area contributed by atoms with Crippen LogP contribution in [0.5, 0.6) is 11.5 Å². The Bertz CT molecular complexity index is 4540. The van der Waals surface area contributed by atoms with E-state index in [0.717, 1.165) is 54.2 Å². The molecule has 5 N–H and O–H groups in total. The molecule has 4 aromatic carbocycles. The molecule has 458 valence electrons. The van der Waals surface area contributed by atoms with E-state index in [-0.39, 0.29) is 27.4 Å². The van der Waals surface area contributed by atoms with Gasteiger partial charge >= 0.3 is 0 Å². The van der Waals surface area contributed by atoms with Crippen LogP contribution >= 0.6 is 72.3 Å². The van der Waals surface area contributed by atoms with E-state index in [0.29, 0.717) is 94.0 Å². The molecule has 1 aliphatic rings. The van der Waals surface area contributed by atoms with Gasteiger partial charge < -0.3 is 49.9 Å². The molecule has 0 aliphatic carbocycles. The summed E-state index contributed by atoms with van der Waals surface area (Å²) < 4.78 is 46.2. The molecule has 1 fully saturated rings. The van der Waals surface area contributed by atoms with E-state index < -0.39 is 14.3 Å². The minimum Gasteiger partial charge on any atom is -0.495 e. The second-order valence-electron chi connectivity index (χ2n) is 20.5. The van der Waals surface area contributed by atoms with Gasteiger partial charge in [0.05, 0.1) is 114 Å². The number of rotatable bonds is 14. The standard InChI is InChI=1S/C29H24Cl3N10O2P.C15H20N4O2.C14H12Cl2N5OP/c1-42-14-15(11-37-42)16-9-22(23(44-2)10-17(16)24-18(30)12-35-28(32)40-24)39-29-36-13-19(31)27(41-29)38-21-6-5-20-25(34-8-7-33-20)26(21)45(3,4)43;1-18-10-11(9-17-18)12-7-13(16)15(20-2)8-14(12)19-3-5-21-6-4-19;1-23(2,22)12-10(4-3-9-11(12)18-6-5-17-9)20-13-8(15)7-19-14(16)21-13/h5-14H,1-4H3,(H2,36,38,39,41);7-10H,3-6,16H2,1-2H3;3-7H,1-2H3,(H,19,20,21). The first-order valence-corrected chi connectivity index (χ1v) is 33.9. The van der Waals surface area contributed by atoms with Crippen molar-refractivity contribution >= 4 is 151 Å². The highest BCUT2D eigenvalue weighted by Gasteiger charge is 2.26. The van der Waals surface area contributed by atoms with Gasteiger partial charge in [-0.25, -0.2) is 19.9 Å². The first-order chi connectivity index (χ1) is 42.6. The smallest absolute Gasteiger partial charge is 0.229 e. The monoisotopic (exact) mass is 1340 g/mol. The predicted molar refractivity (Wildman–Crippen MR) is 355 cm³/mol. The Kier molecular flexibility index (Phi) is 19.5. The minimum absolute atomic E-state index is 0.0476. The molecular weight excluding hydrogens is 1280 g/mol. The predicted octanol–water partition coefficient (Wildman–Crippen LogP) is 12.2. The number of nitrogens with one attached hydrogen (secondary N) is 3. The quantitative estimate of drug-likeness (QED) is 0.0447. The zero-order valence-electron chi connectivity index (χ0n) is 48.9. The summed E-state index contributed by atoms with van der Waals surface area (Å²) in [5.41, 5.74) is 16.6. The van der Waals surface area contributed by atoms with Crippen molar-refractivity contribution in [3.05, 3.63) is 142 Å². The maximum Gasteiger partial charge on any atom is 0.229 e. The molecule has 1 aliphatic heterocycles. The van der Waals surface area contributed by atoms with Gasteiger partial charge in [0.25, 0.3) is 0 Å². The SMILES string of the molecule is COc1cc(-c2nc(Cl)ncc2Cl)c(-c2cnn(C)c2)cc1Nc1ncc(Cl)c(Nc2ccc3nccnc3c2P(C)(C)=O)n1.COc1cc(N2CCOCC2)c(-c2cnn(C)c2)cc1N.CP(C)(=O)c1c(Nc2nc(Cl)ncc2Cl)ccc2nccnc12. The van der Waals surface area contributed by atoms with Crippen molar-refractivity contribution in [2.24, 2.45) is 14.1 Å². The molecule has 0 atom stereocenters. The molecule has 0 bridgehead atoms. The molecule has 0 radical (unpaired) electrons. The van der Waals surface area contributed by atoms with Crippen molar-refractivity contribution in [1.29, 1.82) is 0 Å². The molecule has 0 spiro atoms. The Morgan fingerprint density at radius 3 is 1.61 bits per heavy atom. The lowest BCUT2D eigenvalue weighted by Gasteiger charge is -2.31. The zero-order chi connectivity index (χ0) is 63.3. The number of ether oxygens (including phenoxy) is 3. The van der Waals surface area contributed by atoms with Crippen molar-refractivity contribution in [3.8, 4) is 45.0 Å². The summed E-state index contributed by atoms with van der Waals surface area (Å²) in [6.07, 6.45) is 18.0. The maximum atomic E-state index is 13.4. The molecule has 89 heavy (non-hydrogen) atoms. The number of benzene rings is 4. The van der Waals surface area contributed by atoms with Crippen LogP contribution in [-0.2, 0) is 28.0 Å². The van der Waals surface area contributed by atoms with E-state index in [1.807, 2.05) is 50.9 Å². The van der Waals surface area contributed by atoms with Gasteiger partial charge in [0, 0.05) is 98.4 Å². The number of morpholine rings is 1. The summed E-state index contributed by atoms with van der Waals surface area (Å²) in [6.45, 7) is 9.90. The summed E-state index contributed by atoms with van der Waals surface area (Å²) >= 11 is 31.1. The fourth-order valence-electron chi connectivity index (χ4n) is 9.66. The number of methoxy groups -OCH3 is 2. The lowest BCUT2D eigenvalue weighted by molar-refractivity contribution is 0.122. The van der Waals surface area contributed by atoms with E-state index >= 15 is 0 Å². The summed E-state index contributed by atoms with van der Waals surface area (Å²) in [5, 5.41) is 20.2. The van der Waals surface area contributed by atoms with Gasteiger partial charge in [-0.05, 0) is 97.9 Å². The van der Waals surface area contributed by atoms with E-state index in [4.69, 9.17) is 77.9 Å². The number of hydrogen-bond acceptors (Lipinski definition) is 22. The van der Waals surface area contributed by atoms with E-state index in [9.17, 15) is 9.13 Å². The molecule has 24 nitrogen and oxygen atoms in total. The van der Waals surface area contributed by atoms with E-state index in [2.05, 4.69) is 80.9 Å². The number of aryl methyl sites for hydroxylation is 2. The molecular formula is C58H56Cl5N19O5P2. The average Bonchev–Trinajstić information content (AvgIpc) is 1.49. The summed E-state index contributed by atoms with van der Waals surface area (Å²) in [6, 6.07) is 14.7. The Morgan fingerprint density at radius 2 is 1.07 bits per heavy atom. The molecule has 31 heteroatoms. The molecule has 0 unspecified atom stereocenters. The topological polar surface area (TPSA) is 292 Å². The largest absolute Gasteiger partial charge is 0.495 e. The van der Waals surface area contributed by atoms with Crippen molar-refractivity contribution in [3.63, 3.8) is 0 Å². The van der Waals surface area contributed by atoms with Crippen LogP contribution in [0.3, 0.4) is 0 Å². The number of nitrogens with zero attached hydrogens (tertiary/aromatic N) is 15. The highest BCUT2D eigenvalue weighted by molar-refractivity contribution is 7.71.